The van der Waals surface area contributed by atoms with E-state index in [1.54, 1.807) is 0 Å². The van der Waals surface area contributed by atoms with Crippen molar-refractivity contribution in [3.8, 4) is 12.3 Å². The second-order valence-electron chi connectivity index (χ2n) is 1.45. The third kappa shape index (κ3) is 8.26. The van der Waals surface area contributed by atoms with Gasteiger partial charge in [-0.2, -0.15) is 11.8 Å². The third-order valence-corrected chi connectivity index (χ3v) is 2.78. The molecule has 0 saturated heterocycles. The van der Waals surface area contributed by atoms with E-state index in [1.165, 1.54) is 17.3 Å². The minimum absolute atomic E-state index is 0.865. The fourth-order valence-corrected chi connectivity index (χ4v) is 1.89. The predicted octanol–water partition coefficient (Wildman–Crippen LogP) is 2.11. The number of hydrogen-bond donors (Lipinski definition) is 0. The van der Waals surface area contributed by atoms with Crippen molar-refractivity contribution in [1.82, 2.24) is 0 Å². The fourth-order valence-electron chi connectivity index (χ4n) is 0.393. The van der Waals surface area contributed by atoms with Gasteiger partial charge in [0.05, 0.1) is 5.75 Å². The van der Waals surface area contributed by atoms with Gasteiger partial charge < -0.3 is 0 Å². The van der Waals surface area contributed by atoms with Crippen molar-refractivity contribution in [2.24, 2.45) is 0 Å². The quantitative estimate of drug-likeness (QED) is 0.446. The third-order valence-electron chi connectivity index (χ3n) is 0.762. The van der Waals surface area contributed by atoms with Crippen LogP contribution in [0.15, 0.2) is 0 Å². The maximum absolute atomic E-state index is 5.07. The lowest BCUT2D eigenvalue weighted by molar-refractivity contribution is 1.47. The number of hydrogen-bond acceptors (Lipinski definition) is 2. The topological polar surface area (TPSA) is 0 Å². The molecule has 0 saturated carbocycles. The Morgan fingerprint density at radius 1 is 1.33 bits per heavy atom. The molecule has 0 atom stereocenters. The molecule has 0 aromatic rings. The Bertz CT molecular complexity index is 83.4. The summed E-state index contributed by atoms with van der Waals surface area (Å²) in [5, 5.41) is 0. The van der Waals surface area contributed by atoms with Crippen molar-refractivity contribution < 1.29 is 0 Å². The van der Waals surface area contributed by atoms with Crippen LogP contribution >= 0.6 is 23.5 Å². The molecule has 0 aromatic heterocycles. The molecule has 0 aromatic carbocycles. The molecule has 52 valence electrons. The van der Waals surface area contributed by atoms with Gasteiger partial charge in [0, 0.05) is 11.5 Å². The molecule has 0 N–H and O–H groups in total. The molecule has 9 heavy (non-hydrogen) atoms. The van der Waals surface area contributed by atoms with E-state index >= 15 is 0 Å². The Morgan fingerprint density at radius 3 is 2.56 bits per heavy atom. The summed E-state index contributed by atoms with van der Waals surface area (Å²) in [5.41, 5.74) is 0. The Labute approximate surface area is 66.2 Å². The van der Waals surface area contributed by atoms with Crippen molar-refractivity contribution in [3.05, 3.63) is 0 Å². The lowest BCUT2D eigenvalue weighted by Gasteiger charge is -1.94. The number of rotatable bonds is 5. The average molecular weight is 160 g/mol. The zero-order valence-corrected chi connectivity index (χ0v) is 7.36. The number of terminal acetylenes is 1. The molecule has 0 aliphatic carbocycles. The second kappa shape index (κ2) is 8.26. The van der Waals surface area contributed by atoms with Crippen LogP contribution in [-0.2, 0) is 0 Å². The van der Waals surface area contributed by atoms with Crippen molar-refractivity contribution in [2.75, 3.05) is 23.0 Å². The van der Waals surface area contributed by atoms with Crippen LogP contribution in [0.2, 0.25) is 0 Å². The monoisotopic (exact) mass is 160 g/mol. The number of thioether (sulfide) groups is 2. The van der Waals surface area contributed by atoms with Gasteiger partial charge in [0.1, 0.15) is 0 Å². The predicted molar refractivity (Wildman–Crippen MR) is 49.2 cm³/mol. The zero-order valence-electron chi connectivity index (χ0n) is 5.72. The first-order chi connectivity index (χ1) is 4.41. The van der Waals surface area contributed by atoms with Crippen LogP contribution < -0.4 is 0 Å². The summed E-state index contributed by atoms with van der Waals surface area (Å²) in [5.74, 6) is 7.12. The zero-order chi connectivity index (χ0) is 6.95. The van der Waals surface area contributed by atoms with Gasteiger partial charge in [-0.15, -0.1) is 18.2 Å². The summed E-state index contributed by atoms with van der Waals surface area (Å²) in [6, 6.07) is 0. The first-order valence-electron chi connectivity index (χ1n) is 3.00. The van der Waals surface area contributed by atoms with Gasteiger partial charge in [0.2, 0.25) is 0 Å². The molecule has 0 unspecified atom stereocenters. The fraction of sp³-hybridized carbons (Fsp3) is 0.714. The molecule has 0 aliphatic heterocycles. The molecule has 0 bridgehead atoms. The Hall–Kier alpha value is 0.260. The average Bonchev–Trinajstić information content (AvgIpc) is 1.89. The van der Waals surface area contributed by atoms with E-state index in [1.807, 2.05) is 23.5 Å². The van der Waals surface area contributed by atoms with Crippen LogP contribution in [-0.4, -0.2) is 23.0 Å². The molecule has 0 aliphatic rings. The van der Waals surface area contributed by atoms with Crippen molar-refractivity contribution in [2.45, 2.75) is 6.92 Å². The summed E-state index contributed by atoms with van der Waals surface area (Å²) < 4.78 is 0. The maximum Gasteiger partial charge on any atom is 0.0545 e. The molecule has 0 fully saturated rings. The summed E-state index contributed by atoms with van der Waals surface area (Å²) >= 11 is 3.81. The van der Waals surface area contributed by atoms with Crippen LogP contribution in [0.4, 0.5) is 0 Å². The first-order valence-corrected chi connectivity index (χ1v) is 5.31. The lowest BCUT2D eigenvalue weighted by atomic mass is 10.8. The highest BCUT2D eigenvalue weighted by Crippen LogP contribution is 2.04. The van der Waals surface area contributed by atoms with E-state index in [9.17, 15) is 0 Å². The lowest BCUT2D eigenvalue weighted by Crippen LogP contribution is -1.84. The Kier molecular flexibility index (Phi) is 8.50. The molecular weight excluding hydrogens is 148 g/mol. The van der Waals surface area contributed by atoms with Crippen LogP contribution in [0, 0.1) is 12.3 Å². The highest BCUT2D eigenvalue weighted by atomic mass is 32.2. The molecule has 0 amide bonds. The molecule has 0 heterocycles. The molecule has 0 nitrogen and oxygen atoms in total. The van der Waals surface area contributed by atoms with Gasteiger partial charge in [-0.3, -0.25) is 0 Å². The van der Waals surface area contributed by atoms with Gasteiger partial charge in [0.15, 0.2) is 0 Å². The van der Waals surface area contributed by atoms with Crippen LogP contribution in [0.5, 0.6) is 0 Å². The van der Waals surface area contributed by atoms with Gasteiger partial charge >= 0.3 is 0 Å². The molecule has 0 radical (unpaired) electrons. The smallest absolute Gasteiger partial charge is 0.0545 e. The minimum Gasteiger partial charge on any atom is -0.161 e. The summed E-state index contributed by atoms with van der Waals surface area (Å²) in [4.78, 5) is 0. The van der Waals surface area contributed by atoms with Gasteiger partial charge in [-0.25, -0.2) is 0 Å². The normalized spacial score (nSPS) is 8.89. The highest BCUT2D eigenvalue weighted by Gasteiger charge is 1.84. The van der Waals surface area contributed by atoms with Crippen molar-refractivity contribution in [3.63, 3.8) is 0 Å². The van der Waals surface area contributed by atoms with Gasteiger partial charge in [0.25, 0.3) is 0 Å². The van der Waals surface area contributed by atoms with Crippen molar-refractivity contribution >= 4 is 23.5 Å². The highest BCUT2D eigenvalue weighted by molar-refractivity contribution is 8.03. The summed E-state index contributed by atoms with van der Waals surface area (Å²) in [6.45, 7) is 2.18. The van der Waals surface area contributed by atoms with Crippen LogP contribution in [0.1, 0.15) is 6.92 Å². The second-order valence-corrected chi connectivity index (χ2v) is 3.95. The maximum atomic E-state index is 5.07. The minimum atomic E-state index is 0.865. The van der Waals surface area contributed by atoms with Crippen LogP contribution in [0.3, 0.4) is 0 Å². The van der Waals surface area contributed by atoms with E-state index in [2.05, 4.69) is 12.8 Å². The molecule has 0 rings (SSSR count). The van der Waals surface area contributed by atoms with Crippen molar-refractivity contribution in [1.29, 1.82) is 0 Å². The van der Waals surface area contributed by atoms with Gasteiger partial charge in [-0.05, 0) is 5.75 Å². The first kappa shape index (κ1) is 9.26. The molecule has 0 spiro atoms. The standard InChI is InChI=1S/C7H12S2/c1-3-5-9-7-6-8-4-2/h1H,4-7H2,2H3. The van der Waals surface area contributed by atoms with Crippen LogP contribution in [0.25, 0.3) is 0 Å². The van der Waals surface area contributed by atoms with Gasteiger partial charge in [-0.1, -0.05) is 12.8 Å². The largest absolute Gasteiger partial charge is 0.161 e. The Morgan fingerprint density at radius 2 is 2.00 bits per heavy atom. The van der Waals surface area contributed by atoms with E-state index in [0.717, 1.165) is 5.75 Å². The molecular formula is C7H12S2. The Balaban J connectivity index is 2.69. The van der Waals surface area contributed by atoms with E-state index in [-0.39, 0.29) is 0 Å². The van der Waals surface area contributed by atoms with E-state index in [0.29, 0.717) is 0 Å². The van der Waals surface area contributed by atoms with E-state index < -0.39 is 0 Å². The summed E-state index contributed by atoms with van der Waals surface area (Å²) in [6.07, 6.45) is 5.07. The summed E-state index contributed by atoms with van der Waals surface area (Å²) in [7, 11) is 0. The molecule has 2 heteroatoms. The van der Waals surface area contributed by atoms with E-state index in [4.69, 9.17) is 6.42 Å². The SMILES string of the molecule is C#CCSCCSCC.